The van der Waals surface area contributed by atoms with Crippen LogP contribution in [0.25, 0.3) is 0 Å². The van der Waals surface area contributed by atoms with Crippen LogP contribution in [0.5, 0.6) is 0 Å². The lowest BCUT2D eigenvalue weighted by molar-refractivity contribution is -0.120. The average molecular weight is 275 g/mol. The number of rotatable bonds is 4. The molecule has 0 bridgehead atoms. The molecule has 0 aliphatic rings. The normalized spacial score (nSPS) is 9.73. The fourth-order valence-electron chi connectivity index (χ4n) is 0.944. The van der Waals surface area contributed by atoms with Crippen molar-refractivity contribution in [2.24, 2.45) is 0 Å². The van der Waals surface area contributed by atoms with Crippen LogP contribution in [0.4, 0.5) is 0 Å². The van der Waals surface area contributed by atoms with Crippen LogP contribution in [0, 0.1) is 0 Å². The number of hydrogen-bond acceptors (Lipinski definition) is 3. The van der Waals surface area contributed by atoms with Crippen molar-refractivity contribution in [2.45, 2.75) is 6.92 Å². The average Bonchev–Trinajstić information content (AvgIpc) is 2.62. The molecule has 82 valence electrons. The highest BCUT2D eigenvalue weighted by atomic mass is 79.9. The number of carbonyl (C=O) groups is 2. The van der Waals surface area contributed by atoms with Crippen molar-refractivity contribution in [3.63, 3.8) is 0 Å². The molecule has 6 heteroatoms. The van der Waals surface area contributed by atoms with Crippen molar-refractivity contribution in [1.82, 2.24) is 10.6 Å². The van der Waals surface area contributed by atoms with Crippen LogP contribution in [0.1, 0.15) is 17.5 Å². The number of furan rings is 1. The zero-order chi connectivity index (χ0) is 11.3. The molecule has 1 rings (SSSR count). The van der Waals surface area contributed by atoms with E-state index in [9.17, 15) is 9.59 Å². The molecule has 0 atom stereocenters. The van der Waals surface area contributed by atoms with E-state index in [1.54, 1.807) is 6.07 Å². The summed E-state index contributed by atoms with van der Waals surface area (Å²) in [7, 11) is 0. The van der Waals surface area contributed by atoms with Crippen molar-refractivity contribution in [2.75, 3.05) is 13.1 Å². The largest absolute Gasteiger partial charge is 0.444 e. The summed E-state index contributed by atoms with van der Waals surface area (Å²) in [6.07, 6.45) is 0. The van der Waals surface area contributed by atoms with E-state index in [1.807, 2.05) is 6.92 Å². The van der Waals surface area contributed by atoms with Crippen LogP contribution in [0.15, 0.2) is 21.2 Å². The summed E-state index contributed by atoms with van der Waals surface area (Å²) in [5.41, 5.74) is 0. The molecule has 2 amide bonds. The smallest absolute Gasteiger partial charge is 0.287 e. The summed E-state index contributed by atoms with van der Waals surface area (Å²) >= 11 is 3.08. The first-order valence-corrected chi connectivity index (χ1v) is 5.23. The second kappa shape index (κ2) is 5.55. The highest BCUT2D eigenvalue weighted by molar-refractivity contribution is 9.10. The second-order valence-corrected chi connectivity index (χ2v) is 3.52. The first kappa shape index (κ1) is 11.8. The predicted molar refractivity (Wildman–Crippen MR) is 57.4 cm³/mol. The number of nitrogens with one attached hydrogen (secondary N) is 2. The lowest BCUT2D eigenvalue weighted by Crippen LogP contribution is -2.36. The Bertz CT molecular complexity index is 362. The first-order chi connectivity index (χ1) is 7.13. The summed E-state index contributed by atoms with van der Waals surface area (Å²) in [4.78, 5) is 22.4. The molecule has 5 nitrogen and oxygen atoms in total. The zero-order valence-electron chi connectivity index (χ0n) is 8.17. The molecule has 0 saturated heterocycles. The summed E-state index contributed by atoms with van der Waals surface area (Å²) in [6.45, 7) is 2.30. The lowest BCUT2D eigenvalue weighted by Gasteiger charge is -2.02. The summed E-state index contributed by atoms with van der Waals surface area (Å²) < 4.78 is 5.49. The minimum absolute atomic E-state index is 0.0506. The maximum atomic E-state index is 11.4. The van der Waals surface area contributed by atoms with Crippen molar-refractivity contribution in [3.8, 4) is 0 Å². The third kappa shape index (κ3) is 3.75. The highest BCUT2D eigenvalue weighted by Crippen LogP contribution is 2.13. The standard InChI is InChI=1S/C9H11BrN2O3/c1-2-11-8(13)5-12-9(14)6-3-4-7(10)15-6/h3-4H,2,5H2,1H3,(H,11,13)(H,12,14). The van der Waals surface area contributed by atoms with Gasteiger partial charge in [-0.25, -0.2) is 0 Å². The Labute approximate surface area is 95.3 Å². The van der Waals surface area contributed by atoms with Gasteiger partial charge >= 0.3 is 0 Å². The van der Waals surface area contributed by atoms with Crippen LogP contribution < -0.4 is 10.6 Å². The van der Waals surface area contributed by atoms with E-state index in [0.29, 0.717) is 11.2 Å². The first-order valence-electron chi connectivity index (χ1n) is 4.43. The van der Waals surface area contributed by atoms with E-state index in [4.69, 9.17) is 4.42 Å². The lowest BCUT2D eigenvalue weighted by atomic mass is 10.4. The van der Waals surface area contributed by atoms with E-state index in [1.165, 1.54) is 6.07 Å². The maximum absolute atomic E-state index is 11.4. The van der Waals surface area contributed by atoms with E-state index in [2.05, 4.69) is 26.6 Å². The van der Waals surface area contributed by atoms with Crippen LogP contribution in [-0.2, 0) is 4.79 Å². The molecule has 15 heavy (non-hydrogen) atoms. The van der Waals surface area contributed by atoms with Crippen molar-refractivity contribution in [3.05, 3.63) is 22.6 Å². The quantitative estimate of drug-likeness (QED) is 0.857. The Morgan fingerprint density at radius 3 is 2.67 bits per heavy atom. The Morgan fingerprint density at radius 2 is 2.13 bits per heavy atom. The molecule has 0 radical (unpaired) electrons. The Balaban J connectivity index is 2.40. The fraction of sp³-hybridized carbons (Fsp3) is 0.333. The molecule has 1 aromatic rings. The predicted octanol–water partition coefficient (Wildman–Crippen LogP) is 0.908. The maximum Gasteiger partial charge on any atom is 0.287 e. The van der Waals surface area contributed by atoms with E-state index in [0.717, 1.165) is 0 Å². The monoisotopic (exact) mass is 274 g/mol. The molecule has 0 unspecified atom stereocenters. The molecule has 1 heterocycles. The van der Waals surface area contributed by atoms with Crippen molar-refractivity contribution < 1.29 is 14.0 Å². The molecule has 0 aliphatic carbocycles. The van der Waals surface area contributed by atoms with Gasteiger partial charge in [-0.2, -0.15) is 0 Å². The summed E-state index contributed by atoms with van der Waals surface area (Å²) in [5.74, 6) is -0.463. The van der Waals surface area contributed by atoms with Crippen molar-refractivity contribution >= 4 is 27.7 Å². The van der Waals surface area contributed by atoms with Gasteiger partial charge in [0.25, 0.3) is 5.91 Å². The molecular weight excluding hydrogens is 264 g/mol. The van der Waals surface area contributed by atoms with Gasteiger partial charge in [-0.3, -0.25) is 9.59 Å². The number of halogens is 1. The van der Waals surface area contributed by atoms with Gasteiger partial charge in [0.15, 0.2) is 10.4 Å². The van der Waals surface area contributed by atoms with E-state index < -0.39 is 5.91 Å². The number of amides is 2. The van der Waals surface area contributed by atoms with Crippen LogP contribution in [-0.4, -0.2) is 24.9 Å². The van der Waals surface area contributed by atoms with Gasteiger partial charge in [0.2, 0.25) is 5.91 Å². The number of hydrogen-bond donors (Lipinski definition) is 2. The molecular formula is C9H11BrN2O3. The summed E-state index contributed by atoms with van der Waals surface area (Å²) in [6, 6.07) is 3.14. The molecule has 0 aliphatic heterocycles. The number of likely N-dealkylation sites (N-methyl/N-ethyl adjacent to an activating group) is 1. The van der Waals surface area contributed by atoms with Gasteiger partial charge in [0.1, 0.15) is 0 Å². The Hall–Kier alpha value is -1.30. The molecule has 1 aromatic heterocycles. The SMILES string of the molecule is CCNC(=O)CNC(=O)c1ccc(Br)o1. The summed E-state index contributed by atoms with van der Waals surface area (Å²) in [5, 5.41) is 5.00. The molecule has 0 aromatic carbocycles. The van der Waals surface area contributed by atoms with Gasteiger partial charge < -0.3 is 15.1 Å². The van der Waals surface area contributed by atoms with Gasteiger partial charge in [-0.15, -0.1) is 0 Å². The molecule has 0 spiro atoms. The van der Waals surface area contributed by atoms with Gasteiger partial charge in [-0.05, 0) is 35.0 Å². The third-order valence-corrected chi connectivity index (χ3v) is 2.01. The minimum Gasteiger partial charge on any atom is -0.444 e. The van der Waals surface area contributed by atoms with Crippen LogP contribution in [0.2, 0.25) is 0 Å². The van der Waals surface area contributed by atoms with E-state index in [-0.39, 0.29) is 18.2 Å². The van der Waals surface area contributed by atoms with Crippen LogP contribution in [0.3, 0.4) is 0 Å². The van der Waals surface area contributed by atoms with Gasteiger partial charge in [-0.1, -0.05) is 0 Å². The highest BCUT2D eigenvalue weighted by Gasteiger charge is 2.10. The second-order valence-electron chi connectivity index (χ2n) is 2.74. The third-order valence-electron chi connectivity index (χ3n) is 1.58. The molecule has 0 saturated carbocycles. The van der Waals surface area contributed by atoms with E-state index >= 15 is 0 Å². The van der Waals surface area contributed by atoms with Crippen molar-refractivity contribution in [1.29, 1.82) is 0 Å². The Kier molecular flexibility index (Phi) is 4.36. The number of carbonyl (C=O) groups excluding carboxylic acids is 2. The molecule has 0 fully saturated rings. The Morgan fingerprint density at radius 1 is 1.40 bits per heavy atom. The van der Waals surface area contributed by atoms with Gasteiger partial charge in [0.05, 0.1) is 6.54 Å². The zero-order valence-corrected chi connectivity index (χ0v) is 9.76. The molecule has 2 N–H and O–H groups in total. The minimum atomic E-state index is -0.410. The topological polar surface area (TPSA) is 71.3 Å². The van der Waals surface area contributed by atoms with Gasteiger partial charge in [0, 0.05) is 6.54 Å². The van der Waals surface area contributed by atoms with Crippen LogP contribution >= 0.6 is 15.9 Å². The fourth-order valence-corrected chi connectivity index (χ4v) is 1.25.